The Bertz CT molecular complexity index is 1120. The van der Waals surface area contributed by atoms with Gasteiger partial charge in [0.1, 0.15) is 13.2 Å². The van der Waals surface area contributed by atoms with Gasteiger partial charge in [0.2, 0.25) is 0 Å². The monoisotopic (exact) mass is 1030 g/mol. The molecule has 0 heterocycles. The fourth-order valence-electron chi connectivity index (χ4n) is 10.4. The molecule has 0 radical (unpaired) electrons. The van der Waals surface area contributed by atoms with Crippen LogP contribution >= 0.6 is 0 Å². The van der Waals surface area contributed by atoms with Crippen LogP contribution in [0.2, 0.25) is 0 Å². The topological polar surface area (TPSA) is 78.9 Å². The molecule has 6 nitrogen and oxygen atoms in total. The van der Waals surface area contributed by atoms with Crippen LogP contribution in [0.4, 0.5) is 0 Å². The van der Waals surface area contributed by atoms with E-state index in [1.54, 1.807) is 0 Å². The molecule has 0 aliphatic rings. The first-order valence-electron chi connectivity index (χ1n) is 33.3. The number of esters is 3. The third-order valence-corrected chi connectivity index (χ3v) is 16.2. The highest BCUT2D eigenvalue weighted by Crippen LogP contribution is 2.20. The van der Waals surface area contributed by atoms with Crippen LogP contribution in [0.1, 0.15) is 381 Å². The second-order valence-corrected chi connectivity index (χ2v) is 23.6. The second kappa shape index (κ2) is 59.7. The Morgan fingerprint density at radius 2 is 0.479 bits per heavy atom. The Morgan fingerprint density at radius 3 is 0.712 bits per heavy atom. The van der Waals surface area contributed by atoms with Crippen molar-refractivity contribution in [3.63, 3.8) is 0 Å². The first kappa shape index (κ1) is 71.4. The molecule has 6 heteroatoms. The van der Waals surface area contributed by atoms with Gasteiger partial charge in [-0.05, 0) is 31.1 Å². The van der Waals surface area contributed by atoms with Crippen molar-refractivity contribution in [2.45, 2.75) is 387 Å². The summed E-state index contributed by atoms with van der Waals surface area (Å²) in [5.74, 6) is 0.989. The molecular formula is C67H130O6. The summed E-state index contributed by atoms with van der Waals surface area (Å²) in [6, 6.07) is 0. The van der Waals surface area contributed by atoms with Crippen molar-refractivity contribution in [1.82, 2.24) is 0 Å². The van der Waals surface area contributed by atoms with Crippen LogP contribution in [0, 0.1) is 11.8 Å². The lowest BCUT2D eigenvalue weighted by atomic mass is 9.99. The molecule has 0 fully saturated rings. The van der Waals surface area contributed by atoms with Crippen molar-refractivity contribution in [2.75, 3.05) is 13.2 Å². The van der Waals surface area contributed by atoms with Gasteiger partial charge in [-0.25, -0.2) is 0 Å². The number of carbonyl (C=O) groups excluding carboxylic acids is 3. The normalized spacial score (nSPS) is 12.8. The van der Waals surface area contributed by atoms with E-state index in [1.807, 2.05) is 0 Å². The highest BCUT2D eigenvalue weighted by molar-refractivity contribution is 5.71. The smallest absolute Gasteiger partial charge is 0.306 e. The quantitative estimate of drug-likeness (QED) is 0.0343. The second-order valence-electron chi connectivity index (χ2n) is 23.6. The van der Waals surface area contributed by atoms with Crippen LogP contribution in [-0.4, -0.2) is 37.2 Å². The Balaban J connectivity index is 4.19. The van der Waals surface area contributed by atoms with Crippen LogP contribution < -0.4 is 0 Å². The van der Waals surface area contributed by atoms with E-state index < -0.39 is 6.10 Å². The summed E-state index contributed by atoms with van der Waals surface area (Å²) in [5, 5.41) is 0. The Kier molecular flexibility index (Phi) is 58.4. The number of hydrogen-bond donors (Lipinski definition) is 0. The molecule has 0 rings (SSSR count). The van der Waals surface area contributed by atoms with E-state index in [9.17, 15) is 14.4 Å². The van der Waals surface area contributed by atoms with Crippen molar-refractivity contribution in [1.29, 1.82) is 0 Å². The van der Waals surface area contributed by atoms with E-state index in [0.717, 1.165) is 69.6 Å². The molecule has 0 saturated heterocycles. The van der Waals surface area contributed by atoms with Crippen molar-refractivity contribution < 1.29 is 28.6 Å². The molecule has 0 bridgehead atoms. The van der Waals surface area contributed by atoms with Crippen LogP contribution in [0.25, 0.3) is 0 Å². The summed E-state index contributed by atoms with van der Waals surface area (Å²) >= 11 is 0. The minimum Gasteiger partial charge on any atom is -0.462 e. The van der Waals surface area contributed by atoms with E-state index in [-0.39, 0.29) is 31.1 Å². The highest BCUT2D eigenvalue weighted by atomic mass is 16.6. The average Bonchev–Trinajstić information content (AvgIpc) is 3.39. The molecule has 0 spiro atoms. The molecule has 3 atom stereocenters. The first-order chi connectivity index (χ1) is 35.8. The zero-order chi connectivity index (χ0) is 53.2. The summed E-state index contributed by atoms with van der Waals surface area (Å²) in [4.78, 5) is 38.3. The maximum absolute atomic E-state index is 12.9. The molecule has 0 N–H and O–H groups in total. The Hall–Kier alpha value is -1.59. The van der Waals surface area contributed by atoms with Gasteiger partial charge in [-0.1, -0.05) is 343 Å². The van der Waals surface area contributed by atoms with Gasteiger partial charge in [0.25, 0.3) is 0 Å². The molecule has 0 aliphatic carbocycles. The van der Waals surface area contributed by atoms with E-state index >= 15 is 0 Å². The standard InChI is InChI=1S/C67H130O6/c1-6-9-10-11-12-13-30-37-42-47-52-57-65(68)71-60-64(73-67(70)59-54-49-44-39-34-29-25-21-17-15-19-23-27-32-36-41-46-51-56-63(5)8-3)61-72-66(69)58-53-48-43-38-33-28-24-20-16-14-18-22-26-31-35-40-45-50-55-62(4)7-2/h62-64H,6-61H2,1-5H3/t62?,63?,64-/m1/s1. The van der Waals surface area contributed by atoms with Crippen molar-refractivity contribution in [3.8, 4) is 0 Å². The third kappa shape index (κ3) is 57.9. The van der Waals surface area contributed by atoms with E-state index in [0.29, 0.717) is 19.3 Å². The van der Waals surface area contributed by atoms with Crippen molar-refractivity contribution in [2.24, 2.45) is 11.8 Å². The lowest BCUT2D eigenvalue weighted by Crippen LogP contribution is -2.30. The van der Waals surface area contributed by atoms with Gasteiger partial charge in [-0.15, -0.1) is 0 Å². The summed E-state index contributed by atoms with van der Waals surface area (Å²) < 4.78 is 17.0. The van der Waals surface area contributed by atoms with Crippen LogP contribution in [-0.2, 0) is 28.6 Å². The molecular weight excluding hydrogens is 901 g/mol. The Morgan fingerprint density at radius 1 is 0.274 bits per heavy atom. The average molecular weight is 1030 g/mol. The largest absolute Gasteiger partial charge is 0.462 e. The number of unbranched alkanes of at least 4 members (excludes halogenated alkanes) is 44. The van der Waals surface area contributed by atoms with Crippen LogP contribution in [0.15, 0.2) is 0 Å². The van der Waals surface area contributed by atoms with Gasteiger partial charge < -0.3 is 14.2 Å². The van der Waals surface area contributed by atoms with Gasteiger partial charge in [0.15, 0.2) is 6.10 Å². The predicted octanol–water partition coefficient (Wildman–Crippen LogP) is 22.4. The van der Waals surface area contributed by atoms with Gasteiger partial charge in [-0.3, -0.25) is 14.4 Å². The van der Waals surface area contributed by atoms with Crippen LogP contribution in [0.3, 0.4) is 0 Å². The predicted molar refractivity (Wildman–Crippen MR) is 316 cm³/mol. The number of hydrogen-bond acceptors (Lipinski definition) is 6. The van der Waals surface area contributed by atoms with Gasteiger partial charge in [0.05, 0.1) is 0 Å². The van der Waals surface area contributed by atoms with Gasteiger partial charge in [0, 0.05) is 19.3 Å². The summed E-state index contributed by atoms with van der Waals surface area (Å²) in [7, 11) is 0. The van der Waals surface area contributed by atoms with Gasteiger partial charge >= 0.3 is 17.9 Å². The zero-order valence-electron chi connectivity index (χ0n) is 50.3. The number of ether oxygens (including phenoxy) is 3. The van der Waals surface area contributed by atoms with E-state index in [2.05, 4.69) is 34.6 Å². The molecule has 0 aromatic heterocycles. The summed E-state index contributed by atoms with van der Waals surface area (Å²) in [6.07, 6.45) is 66.7. The van der Waals surface area contributed by atoms with Crippen molar-refractivity contribution >= 4 is 17.9 Å². The fourth-order valence-corrected chi connectivity index (χ4v) is 10.4. The van der Waals surface area contributed by atoms with Gasteiger partial charge in [-0.2, -0.15) is 0 Å². The Labute approximate surface area is 457 Å². The first-order valence-corrected chi connectivity index (χ1v) is 33.3. The molecule has 0 aromatic carbocycles. The summed E-state index contributed by atoms with van der Waals surface area (Å²) in [5.41, 5.74) is 0. The van der Waals surface area contributed by atoms with Crippen molar-refractivity contribution in [3.05, 3.63) is 0 Å². The maximum Gasteiger partial charge on any atom is 0.306 e. The zero-order valence-corrected chi connectivity index (χ0v) is 50.3. The van der Waals surface area contributed by atoms with E-state index in [1.165, 1.54) is 270 Å². The van der Waals surface area contributed by atoms with E-state index in [4.69, 9.17) is 14.2 Å². The van der Waals surface area contributed by atoms with Crippen LogP contribution in [0.5, 0.6) is 0 Å². The lowest BCUT2D eigenvalue weighted by molar-refractivity contribution is -0.167. The number of carbonyl (C=O) groups is 3. The molecule has 0 saturated carbocycles. The third-order valence-electron chi connectivity index (χ3n) is 16.2. The molecule has 0 amide bonds. The minimum atomic E-state index is -0.763. The molecule has 0 aliphatic heterocycles. The highest BCUT2D eigenvalue weighted by Gasteiger charge is 2.20. The minimum absolute atomic E-state index is 0.0616. The number of rotatable bonds is 61. The fraction of sp³-hybridized carbons (Fsp3) is 0.955. The molecule has 73 heavy (non-hydrogen) atoms. The molecule has 2 unspecified atom stereocenters. The maximum atomic E-state index is 12.9. The molecule has 0 aromatic rings. The molecule has 434 valence electrons. The lowest BCUT2D eigenvalue weighted by Gasteiger charge is -2.18. The SMILES string of the molecule is CCCCCCCCCCCCCC(=O)OC[C@H](COC(=O)CCCCCCCCCCCCCCCCCCCCC(C)CC)OC(=O)CCCCCCCCCCCCCCCCCCCCC(C)CC. The summed E-state index contributed by atoms with van der Waals surface area (Å²) in [6.45, 7) is 11.5.